The highest BCUT2D eigenvalue weighted by molar-refractivity contribution is 6.18. The molecule has 0 saturated carbocycles. The van der Waals surface area contributed by atoms with Crippen LogP contribution in [0.25, 0.3) is 0 Å². The molecular weight excluding hydrogens is 429 g/mol. The molecule has 1 saturated heterocycles. The van der Waals surface area contributed by atoms with E-state index < -0.39 is 86.2 Å². The maximum absolute atomic E-state index is 14.2. The summed E-state index contributed by atoms with van der Waals surface area (Å²) in [4.78, 5) is 0. The highest BCUT2D eigenvalue weighted by Gasteiger charge is 2.57. The van der Waals surface area contributed by atoms with Crippen LogP contribution in [-0.2, 0) is 13.8 Å². The minimum atomic E-state index is -5.81. The molecule has 1 aromatic rings. The molecule has 1 aliphatic rings. The molecule has 1 fully saturated rings. The molecule has 0 amide bonds. The van der Waals surface area contributed by atoms with Crippen molar-refractivity contribution in [2.24, 2.45) is 11.3 Å². The van der Waals surface area contributed by atoms with Crippen molar-refractivity contribution in [2.45, 2.75) is 45.3 Å². The molecule has 3 unspecified atom stereocenters. The van der Waals surface area contributed by atoms with Crippen LogP contribution in [0.1, 0.15) is 38.0 Å². The molecule has 0 aromatic heterocycles. The predicted molar refractivity (Wildman–Crippen MR) is 74.7 cm³/mol. The van der Waals surface area contributed by atoms with Gasteiger partial charge in [-0.15, -0.1) is 0 Å². The summed E-state index contributed by atoms with van der Waals surface area (Å²) in [6.45, 7) is 3.95. The molecule has 0 bridgehead atoms. The number of halogens is 10. The van der Waals surface area contributed by atoms with Gasteiger partial charge in [0.25, 0.3) is 0 Å². The summed E-state index contributed by atoms with van der Waals surface area (Å²) < 4.78 is 145. The van der Waals surface area contributed by atoms with Crippen molar-refractivity contribution in [1.29, 1.82) is 0 Å². The van der Waals surface area contributed by atoms with Crippen LogP contribution in [0.15, 0.2) is 0 Å². The molecule has 3 atom stereocenters. The van der Waals surface area contributed by atoms with Crippen LogP contribution < -0.4 is 0 Å². The van der Waals surface area contributed by atoms with Crippen LogP contribution in [0.4, 0.5) is 43.9 Å². The third-order valence-electron chi connectivity index (χ3n) is 4.15. The Kier molecular flexibility index (Phi) is 6.10. The second-order valence-corrected chi connectivity index (χ2v) is 7.92. The van der Waals surface area contributed by atoms with Gasteiger partial charge in [0.2, 0.25) is 0 Å². The van der Waals surface area contributed by atoms with E-state index in [0.29, 0.717) is 0 Å². The summed E-state index contributed by atoms with van der Waals surface area (Å²) in [5.41, 5.74) is -6.01. The topological polar surface area (TPSA) is 18.5 Å². The van der Waals surface area contributed by atoms with Gasteiger partial charge in [-0.3, -0.25) is 0 Å². The van der Waals surface area contributed by atoms with Gasteiger partial charge in [-0.05, 0) is 5.41 Å². The summed E-state index contributed by atoms with van der Waals surface area (Å²) in [6.07, 6.45) is -15.4. The summed E-state index contributed by atoms with van der Waals surface area (Å²) in [5.74, 6) is -13.7. The Hall–Kier alpha value is -1.03. The second kappa shape index (κ2) is 7.34. The maximum atomic E-state index is 14.2. The Labute approximate surface area is 159 Å². The van der Waals surface area contributed by atoms with Gasteiger partial charge in [0, 0.05) is 6.10 Å². The van der Waals surface area contributed by atoms with Crippen LogP contribution >= 0.6 is 0 Å². The van der Waals surface area contributed by atoms with E-state index in [1.807, 2.05) is 0 Å². The van der Waals surface area contributed by atoms with E-state index in [0.717, 1.165) is 0 Å². The molecule has 2 nitrogen and oxygen atoms in total. The molecule has 157 valence electrons. The SMILES string of the molecule is CC(C)(C)C1[O][Al][O]C(c2c(F)c(F)c(C(F)(F)F)c(F)c2F)C1C(F)(F)F. The van der Waals surface area contributed by atoms with E-state index in [1.54, 1.807) is 0 Å². The fourth-order valence-electron chi connectivity index (χ4n) is 2.96. The van der Waals surface area contributed by atoms with E-state index in [4.69, 9.17) is 3.79 Å². The zero-order valence-corrected chi connectivity index (χ0v) is 15.6. The first-order valence-electron chi connectivity index (χ1n) is 7.62. The lowest BCUT2D eigenvalue weighted by Crippen LogP contribution is -2.52. The first-order valence-corrected chi connectivity index (χ1v) is 8.56. The van der Waals surface area contributed by atoms with Crippen molar-refractivity contribution < 1.29 is 51.5 Å². The van der Waals surface area contributed by atoms with Gasteiger partial charge in [0.1, 0.15) is 11.5 Å². The van der Waals surface area contributed by atoms with Crippen LogP contribution in [0.3, 0.4) is 0 Å². The molecular formula is C15H12AlF10O2. The monoisotopic (exact) mass is 441 g/mol. The van der Waals surface area contributed by atoms with Gasteiger partial charge < -0.3 is 7.58 Å². The van der Waals surface area contributed by atoms with Crippen molar-refractivity contribution >= 4 is 15.9 Å². The van der Waals surface area contributed by atoms with E-state index in [-0.39, 0.29) is 0 Å². The smallest absolute Gasteiger partial charge is 0.480 e. The molecule has 1 aliphatic heterocycles. The van der Waals surface area contributed by atoms with Crippen LogP contribution in [0.5, 0.6) is 0 Å². The maximum Gasteiger partial charge on any atom is 0.669 e. The summed E-state index contributed by atoms with van der Waals surface area (Å²) >= 11 is -1.75. The Morgan fingerprint density at radius 3 is 1.57 bits per heavy atom. The predicted octanol–water partition coefficient (Wildman–Crippen LogP) is 5.48. The molecule has 1 heterocycles. The second-order valence-electron chi connectivity index (χ2n) is 7.19. The lowest BCUT2D eigenvalue weighted by atomic mass is 9.76. The first kappa shape index (κ1) is 23.3. The Morgan fingerprint density at radius 1 is 0.750 bits per heavy atom. The van der Waals surface area contributed by atoms with Crippen molar-refractivity contribution in [3.63, 3.8) is 0 Å². The molecule has 13 heteroatoms. The third-order valence-corrected chi connectivity index (χ3v) is 4.96. The molecule has 1 aromatic carbocycles. The van der Waals surface area contributed by atoms with Crippen molar-refractivity contribution in [2.75, 3.05) is 0 Å². The van der Waals surface area contributed by atoms with Crippen molar-refractivity contribution in [1.82, 2.24) is 0 Å². The summed E-state index contributed by atoms with van der Waals surface area (Å²) in [5, 5.41) is 0. The number of alkyl halides is 6. The first-order chi connectivity index (χ1) is 12.5. The Morgan fingerprint density at radius 2 is 1.21 bits per heavy atom. The summed E-state index contributed by atoms with van der Waals surface area (Å²) in [7, 11) is 0. The normalized spacial score (nSPS) is 24.2. The van der Waals surface area contributed by atoms with Gasteiger partial charge in [0.15, 0.2) is 23.3 Å². The third kappa shape index (κ3) is 4.13. The van der Waals surface area contributed by atoms with Gasteiger partial charge in [-0.25, -0.2) is 17.6 Å². The standard InChI is InChI=1S/C15H12F10O2.Al/c1-13(2,3)12(27)6(15(23,24)25)11(26)4-7(16)9(18)5(14(20,21)22)10(19)8(4)17;/h6,11-12H,1-3H3;/q-2;+2. The average Bonchev–Trinajstić information content (AvgIpc) is 2.50. The van der Waals surface area contributed by atoms with E-state index in [1.165, 1.54) is 20.8 Å². The molecule has 1 radical (unpaired) electrons. The highest BCUT2D eigenvalue weighted by atomic mass is 27.2. The fraction of sp³-hybridized carbons (Fsp3) is 0.600. The Balaban J connectivity index is 2.75. The number of rotatable bonds is 1. The number of hydrogen-bond acceptors (Lipinski definition) is 2. The van der Waals surface area contributed by atoms with Crippen molar-refractivity contribution in [3.05, 3.63) is 34.4 Å². The zero-order chi connectivity index (χ0) is 21.8. The van der Waals surface area contributed by atoms with Crippen LogP contribution in [0.2, 0.25) is 0 Å². The fourth-order valence-corrected chi connectivity index (χ4v) is 4.15. The van der Waals surface area contributed by atoms with E-state index >= 15 is 0 Å². The molecule has 2 rings (SSSR count). The number of hydrogen-bond donors (Lipinski definition) is 0. The lowest BCUT2D eigenvalue weighted by molar-refractivity contribution is -0.249. The quantitative estimate of drug-likeness (QED) is 0.327. The minimum Gasteiger partial charge on any atom is -0.480 e. The lowest BCUT2D eigenvalue weighted by Gasteiger charge is -2.45. The van der Waals surface area contributed by atoms with Gasteiger partial charge >= 0.3 is 28.2 Å². The minimum absolute atomic E-state index is 1.24. The molecule has 0 N–H and O–H groups in total. The van der Waals surface area contributed by atoms with Gasteiger partial charge in [-0.1, -0.05) is 20.8 Å². The zero-order valence-electron chi connectivity index (χ0n) is 14.4. The van der Waals surface area contributed by atoms with E-state index in [9.17, 15) is 43.9 Å². The highest BCUT2D eigenvalue weighted by Crippen LogP contribution is 2.50. The molecule has 0 aliphatic carbocycles. The van der Waals surface area contributed by atoms with Gasteiger partial charge in [-0.2, -0.15) is 26.3 Å². The molecule has 0 spiro atoms. The number of benzene rings is 1. The van der Waals surface area contributed by atoms with Gasteiger partial charge in [0.05, 0.1) is 11.7 Å². The largest absolute Gasteiger partial charge is 0.669 e. The summed E-state index contributed by atoms with van der Waals surface area (Å²) in [6, 6.07) is 0. The Bertz CT molecular complexity index is 724. The average molecular weight is 441 g/mol. The van der Waals surface area contributed by atoms with Crippen molar-refractivity contribution in [3.8, 4) is 0 Å². The van der Waals surface area contributed by atoms with Crippen LogP contribution in [0, 0.1) is 34.6 Å². The van der Waals surface area contributed by atoms with Crippen LogP contribution in [-0.4, -0.2) is 28.2 Å². The molecule has 28 heavy (non-hydrogen) atoms. The van der Waals surface area contributed by atoms with E-state index in [2.05, 4.69) is 3.79 Å².